The molecule has 4 nitrogen and oxygen atoms in total. The van der Waals surface area contributed by atoms with Gasteiger partial charge in [-0.25, -0.2) is 0 Å². The molecule has 1 aliphatic heterocycles. The zero-order chi connectivity index (χ0) is 14.7. The molecule has 0 fully saturated rings. The largest absolute Gasteiger partial charge is 0.454 e. The summed E-state index contributed by atoms with van der Waals surface area (Å²) in [4.78, 5) is 4.10. The maximum Gasteiger partial charge on any atom is 0.231 e. The van der Waals surface area contributed by atoms with Crippen molar-refractivity contribution in [2.45, 2.75) is 25.8 Å². The molecule has 2 aromatic rings. The molecule has 4 heteroatoms. The highest BCUT2D eigenvalue weighted by Gasteiger charge is 2.22. The van der Waals surface area contributed by atoms with Gasteiger partial charge in [-0.05, 0) is 41.9 Å². The first kappa shape index (κ1) is 13.9. The normalized spacial score (nSPS) is 15.7. The third-order valence-corrected chi connectivity index (χ3v) is 3.91. The Bertz CT molecular complexity index is 601. The van der Waals surface area contributed by atoms with Crippen molar-refractivity contribution in [3.63, 3.8) is 0 Å². The van der Waals surface area contributed by atoms with Crippen molar-refractivity contribution in [2.75, 3.05) is 13.3 Å². The van der Waals surface area contributed by atoms with Gasteiger partial charge in [-0.15, -0.1) is 0 Å². The van der Waals surface area contributed by atoms with Gasteiger partial charge in [0.05, 0.1) is 0 Å². The minimum Gasteiger partial charge on any atom is -0.454 e. The number of nitrogens with zero attached hydrogens (tertiary/aromatic N) is 1. The van der Waals surface area contributed by atoms with Gasteiger partial charge in [0.1, 0.15) is 0 Å². The van der Waals surface area contributed by atoms with Crippen molar-refractivity contribution in [1.82, 2.24) is 10.3 Å². The lowest BCUT2D eigenvalue weighted by molar-refractivity contribution is 0.174. The van der Waals surface area contributed by atoms with E-state index in [1.165, 1.54) is 11.1 Å². The molecule has 0 amide bonds. The van der Waals surface area contributed by atoms with Crippen molar-refractivity contribution in [2.24, 2.45) is 0 Å². The highest BCUT2D eigenvalue weighted by atomic mass is 16.7. The van der Waals surface area contributed by atoms with E-state index < -0.39 is 0 Å². The lowest BCUT2D eigenvalue weighted by atomic mass is 9.89. The van der Waals surface area contributed by atoms with E-state index in [1.807, 2.05) is 18.5 Å². The SMILES string of the molecule is CCNC(c1ccc2c(c1)OCO2)C(C)c1ccncc1. The second-order valence-corrected chi connectivity index (χ2v) is 5.22. The number of aromatic nitrogens is 1. The van der Waals surface area contributed by atoms with Crippen LogP contribution in [0.5, 0.6) is 11.5 Å². The zero-order valence-electron chi connectivity index (χ0n) is 12.4. The second kappa shape index (κ2) is 6.14. The van der Waals surface area contributed by atoms with E-state index in [4.69, 9.17) is 9.47 Å². The first-order valence-corrected chi connectivity index (χ1v) is 7.32. The third-order valence-electron chi connectivity index (χ3n) is 3.91. The monoisotopic (exact) mass is 284 g/mol. The number of nitrogens with one attached hydrogen (secondary N) is 1. The zero-order valence-corrected chi connectivity index (χ0v) is 12.4. The van der Waals surface area contributed by atoms with E-state index in [-0.39, 0.29) is 6.04 Å². The van der Waals surface area contributed by atoms with Crippen LogP contribution in [-0.2, 0) is 0 Å². The number of benzene rings is 1. The lowest BCUT2D eigenvalue weighted by Crippen LogP contribution is -2.25. The van der Waals surface area contributed by atoms with Gasteiger partial charge in [0.15, 0.2) is 11.5 Å². The average Bonchev–Trinajstić information content (AvgIpc) is 3.00. The van der Waals surface area contributed by atoms with E-state index in [1.54, 1.807) is 0 Å². The molecule has 1 aromatic heterocycles. The molecular weight excluding hydrogens is 264 g/mol. The Morgan fingerprint density at radius 1 is 1.10 bits per heavy atom. The van der Waals surface area contributed by atoms with E-state index in [9.17, 15) is 0 Å². The lowest BCUT2D eigenvalue weighted by Gasteiger charge is -2.26. The molecular formula is C17H20N2O2. The Morgan fingerprint density at radius 2 is 1.86 bits per heavy atom. The van der Waals surface area contributed by atoms with Crippen LogP contribution >= 0.6 is 0 Å². The van der Waals surface area contributed by atoms with Crippen LogP contribution in [0.2, 0.25) is 0 Å². The third kappa shape index (κ3) is 2.85. The topological polar surface area (TPSA) is 43.4 Å². The van der Waals surface area contributed by atoms with Gasteiger partial charge in [0, 0.05) is 24.4 Å². The maximum absolute atomic E-state index is 5.49. The predicted molar refractivity (Wildman–Crippen MR) is 81.6 cm³/mol. The van der Waals surface area contributed by atoms with Crippen molar-refractivity contribution in [3.05, 3.63) is 53.9 Å². The minimum absolute atomic E-state index is 0.229. The van der Waals surface area contributed by atoms with Crippen molar-refractivity contribution >= 4 is 0 Å². The number of fused-ring (bicyclic) bond motifs is 1. The van der Waals surface area contributed by atoms with Gasteiger partial charge < -0.3 is 14.8 Å². The number of rotatable bonds is 5. The summed E-state index contributed by atoms with van der Waals surface area (Å²) in [7, 11) is 0. The van der Waals surface area contributed by atoms with E-state index in [2.05, 4.69) is 48.4 Å². The fraction of sp³-hybridized carbons (Fsp3) is 0.353. The van der Waals surface area contributed by atoms with Gasteiger partial charge in [-0.1, -0.05) is 19.9 Å². The number of hydrogen-bond acceptors (Lipinski definition) is 4. The van der Waals surface area contributed by atoms with Crippen LogP contribution in [0.1, 0.15) is 36.9 Å². The van der Waals surface area contributed by atoms with Crippen LogP contribution in [0, 0.1) is 0 Å². The summed E-state index contributed by atoms with van der Waals surface area (Å²) in [6.45, 7) is 5.57. The molecule has 0 bridgehead atoms. The van der Waals surface area contributed by atoms with Crippen molar-refractivity contribution < 1.29 is 9.47 Å². The van der Waals surface area contributed by atoms with Gasteiger partial charge in [-0.2, -0.15) is 0 Å². The molecule has 110 valence electrons. The van der Waals surface area contributed by atoms with Gasteiger partial charge in [0.25, 0.3) is 0 Å². The summed E-state index contributed by atoms with van der Waals surface area (Å²) in [5.41, 5.74) is 2.49. The molecule has 0 saturated carbocycles. The van der Waals surface area contributed by atoms with Gasteiger partial charge in [-0.3, -0.25) is 4.98 Å². The molecule has 1 N–H and O–H groups in total. The molecule has 2 heterocycles. The Hall–Kier alpha value is -2.07. The average molecular weight is 284 g/mol. The van der Waals surface area contributed by atoms with Gasteiger partial charge >= 0.3 is 0 Å². The number of hydrogen-bond donors (Lipinski definition) is 1. The van der Waals surface area contributed by atoms with Crippen molar-refractivity contribution in [3.8, 4) is 11.5 Å². The summed E-state index contributed by atoms with van der Waals surface area (Å²) in [5, 5.41) is 3.57. The highest BCUT2D eigenvalue weighted by molar-refractivity contribution is 5.46. The standard InChI is InChI=1S/C17H20N2O2/c1-3-19-17(12(2)13-6-8-18-9-7-13)14-4-5-15-16(10-14)21-11-20-15/h4-10,12,17,19H,3,11H2,1-2H3. The quantitative estimate of drug-likeness (QED) is 0.915. The highest BCUT2D eigenvalue weighted by Crippen LogP contribution is 2.37. The molecule has 1 aliphatic rings. The van der Waals surface area contributed by atoms with Crippen LogP contribution in [-0.4, -0.2) is 18.3 Å². The summed E-state index contributed by atoms with van der Waals surface area (Å²) in [6, 6.07) is 10.5. The van der Waals surface area contributed by atoms with Crippen LogP contribution < -0.4 is 14.8 Å². The molecule has 0 saturated heterocycles. The fourth-order valence-electron chi connectivity index (χ4n) is 2.77. The Balaban J connectivity index is 1.90. The second-order valence-electron chi connectivity index (χ2n) is 5.22. The Kier molecular flexibility index (Phi) is 4.06. The van der Waals surface area contributed by atoms with Gasteiger partial charge in [0.2, 0.25) is 6.79 Å². The van der Waals surface area contributed by atoms with Crippen LogP contribution in [0.3, 0.4) is 0 Å². The molecule has 21 heavy (non-hydrogen) atoms. The number of pyridine rings is 1. The molecule has 2 unspecified atom stereocenters. The molecule has 0 radical (unpaired) electrons. The van der Waals surface area contributed by atoms with Crippen LogP contribution in [0.15, 0.2) is 42.7 Å². The molecule has 0 spiro atoms. The smallest absolute Gasteiger partial charge is 0.231 e. The van der Waals surface area contributed by atoms with Crippen molar-refractivity contribution in [1.29, 1.82) is 0 Å². The summed E-state index contributed by atoms with van der Waals surface area (Å²) < 4.78 is 10.9. The number of likely N-dealkylation sites (N-methyl/N-ethyl adjacent to an activating group) is 1. The Morgan fingerprint density at radius 3 is 2.62 bits per heavy atom. The molecule has 0 aliphatic carbocycles. The summed E-state index contributed by atoms with van der Waals surface area (Å²) in [5.74, 6) is 2.00. The Labute approximate surface area is 125 Å². The minimum atomic E-state index is 0.229. The van der Waals surface area contributed by atoms with E-state index >= 15 is 0 Å². The van der Waals surface area contributed by atoms with Crippen LogP contribution in [0.25, 0.3) is 0 Å². The summed E-state index contributed by atoms with van der Waals surface area (Å²) in [6.07, 6.45) is 3.68. The number of ether oxygens (including phenoxy) is 2. The van der Waals surface area contributed by atoms with E-state index in [0.29, 0.717) is 12.7 Å². The predicted octanol–water partition coefficient (Wildman–Crippen LogP) is 3.26. The first-order chi connectivity index (χ1) is 10.3. The molecule has 1 aromatic carbocycles. The summed E-state index contributed by atoms with van der Waals surface area (Å²) >= 11 is 0. The maximum atomic E-state index is 5.49. The molecule has 2 atom stereocenters. The fourth-order valence-corrected chi connectivity index (χ4v) is 2.77. The van der Waals surface area contributed by atoms with E-state index in [0.717, 1.165) is 18.0 Å². The molecule has 3 rings (SSSR count). The van der Waals surface area contributed by atoms with Crippen LogP contribution in [0.4, 0.5) is 0 Å². The first-order valence-electron chi connectivity index (χ1n) is 7.32.